The van der Waals surface area contributed by atoms with Crippen LogP contribution in [0.25, 0.3) is 22.3 Å². The van der Waals surface area contributed by atoms with Gasteiger partial charge in [0.05, 0.1) is 10.4 Å². The van der Waals surface area contributed by atoms with Crippen molar-refractivity contribution in [1.82, 2.24) is 0 Å². The molecule has 0 N–H and O–H groups in total. The van der Waals surface area contributed by atoms with Gasteiger partial charge >= 0.3 is 0 Å². The lowest BCUT2D eigenvalue weighted by atomic mass is 10.1. The minimum absolute atomic E-state index is 0.0564. The number of fused-ring (bicyclic) bond motifs is 1. The number of hydrogen-bond acceptors (Lipinski definition) is 4. The third-order valence-corrected chi connectivity index (χ3v) is 4.97. The molecule has 4 nitrogen and oxygen atoms in total. The Morgan fingerprint density at radius 1 is 0.897 bits per heavy atom. The molecule has 4 aromatic rings. The molecule has 0 saturated carbocycles. The quantitative estimate of drug-likeness (QED) is 0.367. The first-order chi connectivity index (χ1) is 14.0. The highest BCUT2D eigenvalue weighted by Crippen LogP contribution is 2.35. The number of rotatable bonds is 5. The Morgan fingerprint density at radius 2 is 1.59 bits per heavy atom. The van der Waals surface area contributed by atoms with Crippen molar-refractivity contribution in [2.75, 3.05) is 6.61 Å². The summed E-state index contributed by atoms with van der Waals surface area (Å²) in [5.74, 6) is -0.165. The minimum Gasteiger partial charge on any atom is -0.478 e. The molecular formula is C23H14Cl2O4. The van der Waals surface area contributed by atoms with Crippen molar-refractivity contribution in [1.29, 1.82) is 0 Å². The number of carbonyl (C=O) groups is 1. The predicted molar refractivity (Wildman–Crippen MR) is 114 cm³/mol. The van der Waals surface area contributed by atoms with Crippen LogP contribution in [0, 0.1) is 0 Å². The zero-order valence-electron chi connectivity index (χ0n) is 15.0. The summed E-state index contributed by atoms with van der Waals surface area (Å²) in [5, 5.41) is 1.29. The second kappa shape index (κ2) is 8.11. The highest BCUT2D eigenvalue weighted by atomic mass is 35.5. The van der Waals surface area contributed by atoms with E-state index < -0.39 is 0 Å². The van der Waals surface area contributed by atoms with E-state index >= 15 is 0 Å². The van der Waals surface area contributed by atoms with E-state index in [-0.39, 0.29) is 29.3 Å². The number of Topliss-reactive ketones (excluding diaryl/α,β-unsaturated/α-hetero) is 1. The zero-order chi connectivity index (χ0) is 20.4. The van der Waals surface area contributed by atoms with Gasteiger partial charge in [-0.3, -0.25) is 9.59 Å². The topological polar surface area (TPSA) is 56.5 Å². The van der Waals surface area contributed by atoms with Crippen molar-refractivity contribution in [3.63, 3.8) is 0 Å². The van der Waals surface area contributed by atoms with Gasteiger partial charge in [-0.25, -0.2) is 0 Å². The second-order valence-corrected chi connectivity index (χ2v) is 7.13. The maximum atomic E-state index is 13.1. The molecule has 0 aliphatic carbocycles. The lowest BCUT2D eigenvalue weighted by molar-refractivity contribution is 0.0920. The van der Waals surface area contributed by atoms with Gasteiger partial charge in [0.2, 0.25) is 11.2 Å². The van der Waals surface area contributed by atoms with Gasteiger partial charge < -0.3 is 9.15 Å². The fraction of sp³-hybridized carbons (Fsp3) is 0.0435. The maximum absolute atomic E-state index is 13.1. The number of carbonyl (C=O) groups excluding carboxylic acids is 1. The molecule has 0 spiro atoms. The van der Waals surface area contributed by atoms with Gasteiger partial charge in [-0.1, -0.05) is 47.5 Å². The lowest BCUT2D eigenvalue weighted by Crippen LogP contribution is -2.17. The number of benzene rings is 3. The summed E-state index contributed by atoms with van der Waals surface area (Å²) in [7, 11) is 0. The molecule has 0 saturated heterocycles. The third kappa shape index (κ3) is 3.90. The molecule has 0 radical (unpaired) electrons. The summed E-state index contributed by atoms with van der Waals surface area (Å²) in [6.07, 6.45) is 0. The van der Waals surface area contributed by atoms with E-state index in [2.05, 4.69) is 0 Å². The van der Waals surface area contributed by atoms with E-state index in [1.807, 2.05) is 0 Å². The van der Waals surface area contributed by atoms with Crippen molar-refractivity contribution in [2.24, 2.45) is 0 Å². The Hall–Kier alpha value is -3.08. The molecule has 3 aromatic carbocycles. The fourth-order valence-corrected chi connectivity index (χ4v) is 3.28. The van der Waals surface area contributed by atoms with Gasteiger partial charge in [0.15, 0.2) is 18.2 Å². The average molecular weight is 425 g/mol. The maximum Gasteiger partial charge on any atom is 0.235 e. The van der Waals surface area contributed by atoms with Gasteiger partial charge in [0.25, 0.3) is 0 Å². The highest BCUT2D eigenvalue weighted by Gasteiger charge is 2.20. The average Bonchev–Trinajstić information content (AvgIpc) is 2.74. The van der Waals surface area contributed by atoms with Crippen LogP contribution in [0.3, 0.4) is 0 Å². The van der Waals surface area contributed by atoms with Crippen LogP contribution in [0.15, 0.2) is 82.0 Å². The number of ether oxygens (including phenoxy) is 1. The Balaban J connectivity index is 1.78. The van der Waals surface area contributed by atoms with Crippen LogP contribution in [0.1, 0.15) is 10.4 Å². The van der Waals surface area contributed by atoms with Crippen LogP contribution < -0.4 is 10.2 Å². The lowest BCUT2D eigenvalue weighted by Gasteiger charge is -2.12. The van der Waals surface area contributed by atoms with Gasteiger partial charge in [-0.05, 0) is 48.5 Å². The summed E-state index contributed by atoms with van der Waals surface area (Å²) in [5.41, 5.74) is 0.972. The van der Waals surface area contributed by atoms with Crippen LogP contribution in [-0.4, -0.2) is 12.4 Å². The van der Waals surface area contributed by atoms with Gasteiger partial charge in [0.1, 0.15) is 5.58 Å². The first-order valence-electron chi connectivity index (χ1n) is 8.77. The van der Waals surface area contributed by atoms with E-state index in [0.29, 0.717) is 32.1 Å². The second-order valence-electron chi connectivity index (χ2n) is 6.28. The van der Waals surface area contributed by atoms with Crippen molar-refractivity contribution in [3.8, 4) is 17.1 Å². The molecule has 0 bridgehead atoms. The molecule has 0 aliphatic rings. The molecule has 6 heteroatoms. The third-order valence-electron chi connectivity index (χ3n) is 4.39. The van der Waals surface area contributed by atoms with Crippen LogP contribution in [0.4, 0.5) is 0 Å². The van der Waals surface area contributed by atoms with E-state index in [9.17, 15) is 9.59 Å². The molecule has 1 heterocycles. The first-order valence-corrected chi connectivity index (χ1v) is 9.52. The largest absolute Gasteiger partial charge is 0.478 e. The van der Waals surface area contributed by atoms with Crippen molar-refractivity contribution in [2.45, 2.75) is 0 Å². The number of para-hydroxylation sites is 1. The smallest absolute Gasteiger partial charge is 0.235 e. The Kier molecular flexibility index (Phi) is 5.38. The Morgan fingerprint density at radius 3 is 2.34 bits per heavy atom. The molecular weight excluding hydrogens is 411 g/mol. The van der Waals surface area contributed by atoms with Crippen LogP contribution in [-0.2, 0) is 0 Å². The van der Waals surface area contributed by atoms with Crippen molar-refractivity contribution < 1.29 is 13.9 Å². The first kappa shape index (κ1) is 19.2. The summed E-state index contributed by atoms with van der Waals surface area (Å²) >= 11 is 12.2. The van der Waals surface area contributed by atoms with Crippen molar-refractivity contribution >= 4 is 40.0 Å². The van der Waals surface area contributed by atoms with E-state index in [1.165, 1.54) is 0 Å². The number of ketones is 1. The van der Waals surface area contributed by atoms with E-state index in [4.69, 9.17) is 32.4 Å². The standard InChI is InChI=1S/C23H14Cl2O4/c24-15-11-9-14(10-12-15)19(26)13-28-23-21(27)17-6-2-4-8-20(17)29-22(23)16-5-1-3-7-18(16)25/h1-12H,13H2. The summed E-state index contributed by atoms with van der Waals surface area (Å²) in [6.45, 7) is -0.331. The molecule has 29 heavy (non-hydrogen) atoms. The summed E-state index contributed by atoms with van der Waals surface area (Å²) in [4.78, 5) is 25.6. The van der Waals surface area contributed by atoms with E-state index in [1.54, 1.807) is 72.8 Å². The summed E-state index contributed by atoms with van der Waals surface area (Å²) < 4.78 is 11.6. The predicted octanol–water partition coefficient (Wildman–Crippen LogP) is 6.03. The van der Waals surface area contributed by atoms with Crippen molar-refractivity contribution in [3.05, 3.63) is 98.6 Å². The Labute approximate surface area is 176 Å². The normalized spacial score (nSPS) is 10.8. The minimum atomic E-state index is -0.370. The SMILES string of the molecule is O=C(COc1c(-c2ccccc2Cl)oc2ccccc2c1=O)c1ccc(Cl)cc1. The molecule has 0 aliphatic heterocycles. The fourth-order valence-electron chi connectivity index (χ4n) is 2.94. The zero-order valence-corrected chi connectivity index (χ0v) is 16.5. The molecule has 0 amide bonds. The molecule has 144 valence electrons. The molecule has 0 unspecified atom stereocenters. The van der Waals surface area contributed by atoms with E-state index in [0.717, 1.165) is 0 Å². The molecule has 4 rings (SSSR count). The van der Waals surface area contributed by atoms with Crippen LogP contribution in [0.2, 0.25) is 10.0 Å². The number of hydrogen-bond donors (Lipinski definition) is 0. The highest BCUT2D eigenvalue weighted by molar-refractivity contribution is 6.33. The molecule has 1 aromatic heterocycles. The van der Waals surface area contributed by atoms with Gasteiger partial charge in [0, 0.05) is 16.1 Å². The van der Waals surface area contributed by atoms with Gasteiger partial charge in [-0.2, -0.15) is 0 Å². The van der Waals surface area contributed by atoms with Gasteiger partial charge in [-0.15, -0.1) is 0 Å². The number of halogens is 2. The molecule has 0 atom stereocenters. The summed E-state index contributed by atoms with van der Waals surface area (Å²) in [6, 6.07) is 20.3. The monoisotopic (exact) mass is 424 g/mol. The molecule has 0 fully saturated rings. The van der Waals surface area contributed by atoms with Crippen LogP contribution >= 0.6 is 23.2 Å². The Bertz CT molecular complexity index is 1260. The van der Waals surface area contributed by atoms with Crippen LogP contribution in [0.5, 0.6) is 5.75 Å².